The Bertz CT molecular complexity index is 505. The molecule has 3 nitrogen and oxygen atoms in total. The van der Waals surface area contributed by atoms with Gasteiger partial charge in [-0.25, -0.2) is 0 Å². The Labute approximate surface area is 116 Å². The van der Waals surface area contributed by atoms with Gasteiger partial charge >= 0.3 is 0 Å². The minimum absolute atomic E-state index is 0.228. The molecule has 0 saturated heterocycles. The molecule has 2 rings (SSSR count). The van der Waals surface area contributed by atoms with E-state index in [0.717, 1.165) is 22.3 Å². The maximum absolute atomic E-state index is 9.98. The molecule has 0 radical (unpaired) electrons. The Hall–Kier alpha value is -1.13. The highest BCUT2D eigenvalue weighted by molar-refractivity contribution is 9.10. The van der Waals surface area contributed by atoms with E-state index in [-0.39, 0.29) is 5.92 Å². The quantitative estimate of drug-likeness (QED) is 0.940. The molecule has 4 heteroatoms. The molecular formula is C14H17BrN2O. The van der Waals surface area contributed by atoms with Crippen molar-refractivity contribution in [2.24, 2.45) is 5.92 Å². The molecule has 0 amide bonds. The smallest absolute Gasteiger partial charge is 0.0827 e. The van der Waals surface area contributed by atoms with Gasteiger partial charge in [0.05, 0.1) is 18.3 Å². The lowest BCUT2D eigenvalue weighted by Crippen LogP contribution is -2.04. The largest absolute Gasteiger partial charge is 0.388 e. The molecule has 0 saturated carbocycles. The van der Waals surface area contributed by atoms with Crippen LogP contribution in [0.15, 0.2) is 41.3 Å². The highest BCUT2D eigenvalue weighted by Crippen LogP contribution is 2.21. The zero-order valence-corrected chi connectivity index (χ0v) is 12.1. The van der Waals surface area contributed by atoms with Crippen LogP contribution < -0.4 is 0 Å². The number of aliphatic hydroxyl groups is 1. The third kappa shape index (κ3) is 3.21. The highest BCUT2D eigenvalue weighted by Gasteiger charge is 2.13. The van der Waals surface area contributed by atoms with Crippen molar-refractivity contribution >= 4 is 15.9 Å². The molecule has 0 aliphatic carbocycles. The summed E-state index contributed by atoms with van der Waals surface area (Å²) in [6.07, 6.45) is 5.35. The first-order valence-corrected chi connectivity index (χ1v) is 6.79. The topological polar surface area (TPSA) is 38.0 Å². The van der Waals surface area contributed by atoms with Crippen molar-refractivity contribution in [3.63, 3.8) is 0 Å². The summed E-state index contributed by atoms with van der Waals surface area (Å²) in [4.78, 5) is 4.33. The van der Waals surface area contributed by atoms with Crippen molar-refractivity contribution in [2.75, 3.05) is 0 Å². The average molecular weight is 309 g/mol. The van der Waals surface area contributed by atoms with Gasteiger partial charge in [0.15, 0.2) is 0 Å². The van der Waals surface area contributed by atoms with Gasteiger partial charge in [0.2, 0.25) is 0 Å². The molecule has 96 valence electrons. The van der Waals surface area contributed by atoms with E-state index in [1.165, 1.54) is 0 Å². The predicted molar refractivity (Wildman–Crippen MR) is 75.3 cm³/mol. The number of halogens is 1. The van der Waals surface area contributed by atoms with E-state index >= 15 is 0 Å². The number of pyridine rings is 1. The first-order chi connectivity index (χ1) is 8.56. The van der Waals surface area contributed by atoms with Crippen molar-refractivity contribution in [2.45, 2.75) is 26.5 Å². The fourth-order valence-electron chi connectivity index (χ4n) is 1.80. The van der Waals surface area contributed by atoms with Gasteiger partial charge in [-0.3, -0.25) is 4.98 Å². The van der Waals surface area contributed by atoms with Crippen molar-refractivity contribution in [3.8, 4) is 0 Å². The molecule has 2 aromatic heterocycles. The normalized spacial score (nSPS) is 12.9. The van der Waals surface area contributed by atoms with Gasteiger partial charge in [-0.15, -0.1) is 0 Å². The summed E-state index contributed by atoms with van der Waals surface area (Å²) in [5.74, 6) is 0.228. The van der Waals surface area contributed by atoms with Crippen LogP contribution in [-0.4, -0.2) is 14.7 Å². The first-order valence-electron chi connectivity index (χ1n) is 6.00. The number of nitrogens with zero attached hydrogens (tertiary/aromatic N) is 2. The maximum Gasteiger partial charge on any atom is 0.0827 e. The van der Waals surface area contributed by atoms with Crippen molar-refractivity contribution in [1.82, 2.24) is 9.55 Å². The van der Waals surface area contributed by atoms with E-state index in [1.807, 2.05) is 49.0 Å². The summed E-state index contributed by atoms with van der Waals surface area (Å²) in [5.41, 5.74) is 1.96. The Morgan fingerprint density at radius 2 is 2.11 bits per heavy atom. The molecule has 2 heterocycles. The summed E-state index contributed by atoms with van der Waals surface area (Å²) < 4.78 is 3.02. The van der Waals surface area contributed by atoms with Crippen molar-refractivity contribution in [1.29, 1.82) is 0 Å². The van der Waals surface area contributed by atoms with Gasteiger partial charge in [0, 0.05) is 23.1 Å². The fraction of sp³-hybridized carbons (Fsp3) is 0.357. The molecule has 0 aliphatic rings. The van der Waals surface area contributed by atoms with Crippen molar-refractivity contribution < 1.29 is 5.11 Å². The summed E-state index contributed by atoms with van der Waals surface area (Å²) >= 11 is 3.37. The van der Waals surface area contributed by atoms with E-state index in [0.29, 0.717) is 0 Å². The average Bonchev–Trinajstić information content (AvgIpc) is 2.79. The molecule has 0 aromatic carbocycles. The lowest BCUT2D eigenvalue weighted by atomic mass is 10.0. The van der Waals surface area contributed by atoms with Crippen LogP contribution in [0.1, 0.15) is 31.2 Å². The second kappa shape index (κ2) is 5.67. The third-order valence-corrected chi connectivity index (χ3v) is 3.35. The van der Waals surface area contributed by atoms with Gasteiger partial charge in [0.25, 0.3) is 0 Å². The number of aliphatic hydroxyl groups excluding tert-OH is 1. The second-order valence-electron chi connectivity index (χ2n) is 4.77. The first kappa shape index (κ1) is 13.3. The highest BCUT2D eigenvalue weighted by atomic mass is 79.9. The zero-order chi connectivity index (χ0) is 13.1. The van der Waals surface area contributed by atoms with Crippen LogP contribution in [-0.2, 0) is 6.54 Å². The summed E-state index contributed by atoms with van der Waals surface area (Å²) in [7, 11) is 0. The van der Waals surface area contributed by atoms with Gasteiger partial charge in [0.1, 0.15) is 0 Å². The molecule has 0 fully saturated rings. The zero-order valence-electron chi connectivity index (χ0n) is 10.5. The van der Waals surface area contributed by atoms with Crippen LogP contribution >= 0.6 is 15.9 Å². The molecule has 0 aliphatic heterocycles. The Kier molecular flexibility index (Phi) is 4.19. The Balaban J connectivity index is 2.09. The van der Waals surface area contributed by atoms with E-state index in [1.54, 1.807) is 6.20 Å². The van der Waals surface area contributed by atoms with Crippen LogP contribution in [0.25, 0.3) is 0 Å². The standard InChI is InChI=1S/C14H17BrN2O/c1-10(2)14(18)11-5-6-17(8-11)9-13-4-3-12(15)7-16-13/h3-8,10,14,18H,9H2,1-2H3. The van der Waals surface area contributed by atoms with E-state index in [9.17, 15) is 5.11 Å². The summed E-state index contributed by atoms with van der Waals surface area (Å²) in [5, 5.41) is 9.98. The molecular weight excluding hydrogens is 292 g/mol. The minimum Gasteiger partial charge on any atom is -0.388 e. The van der Waals surface area contributed by atoms with Crippen LogP contribution in [0, 0.1) is 5.92 Å². The van der Waals surface area contributed by atoms with Crippen molar-refractivity contribution in [3.05, 3.63) is 52.5 Å². The number of rotatable bonds is 4. The molecule has 0 bridgehead atoms. The van der Waals surface area contributed by atoms with Gasteiger partial charge < -0.3 is 9.67 Å². The van der Waals surface area contributed by atoms with Crippen LogP contribution in [0.2, 0.25) is 0 Å². The predicted octanol–water partition coefficient (Wildman–Crippen LogP) is 3.38. The number of aromatic nitrogens is 2. The maximum atomic E-state index is 9.98. The van der Waals surface area contributed by atoms with Gasteiger partial charge in [-0.1, -0.05) is 13.8 Å². The fourth-order valence-corrected chi connectivity index (χ4v) is 2.04. The van der Waals surface area contributed by atoms with Gasteiger partial charge in [-0.2, -0.15) is 0 Å². The molecule has 0 spiro atoms. The molecule has 1 N–H and O–H groups in total. The van der Waals surface area contributed by atoms with Crippen LogP contribution in [0.3, 0.4) is 0 Å². The van der Waals surface area contributed by atoms with Gasteiger partial charge in [-0.05, 0) is 45.6 Å². The lowest BCUT2D eigenvalue weighted by molar-refractivity contribution is 0.127. The Morgan fingerprint density at radius 3 is 2.72 bits per heavy atom. The molecule has 1 unspecified atom stereocenters. The summed E-state index contributed by atoms with van der Waals surface area (Å²) in [6, 6.07) is 5.93. The monoisotopic (exact) mass is 308 g/mol. The number of hydrogen-bond acceptors (Lipinski definition) is 2. The van der Waals surface area contributed by atoms with E-state index in [2.05, 4.69) is 20.9 Å². The number of hydrogen-bond donors (Lipinski definition) is 1. The molecule has 18 heavy (non-hydrogen) atoms. The minimum atomic E-state index is -0.399. The van der Waals surface area contributed by atoms with Crippen LogP contribution in [0.5, 0.6) is 0 Å². The lowest BCUT2D eigenvalue weighted by Gasteiger charge is -2.12. The SMILES string of the molecule is CC(C)C(O)c1ccn(Cc2ccc(Br)cn2)c1. The van der Waals surface area contributed by atoms with E-state index in [4.69, 9.17) is 0 Å². The molecule has 2 aromatic rings. The Morgan fingerprint density at radius 1 is 1.33 bits per heavy atom. The van der Waals surface area contributed by atoms with E-state index < -0.39 is 6.10 Å². The third-order valence-electron chi connectivity index (χ3n) is 2.88. The second-order valence-corrected chi connectivity index (χ2v) is 5.69. The van der Waals surface area contributed by atoms with Crippen LogP contribution in [0.4, 0.5) is 0 Å². The summed E-state index contributed by atoms with van der Waals surface area (Å²) in [6.45, 7) is 4.74. The molecule has 1 atom stereocenters.